The first-order valence-electron chi connectivity index (χ1n) is 8.45. The van der Waals surface area contributed by atoms with Crippen molar-refractivity contribution in [1.82, 2.24) is 4.90 Å². The van der Waals surface area contributed by atoms with Crippen molar-refractivity contribution in [1.29, 1.82) is 0 Å². The summed E-state index contributed by atoms with van der Waals surface area (Å²) in [5.41, 5.74) is 0.480. The van der Waals surface area contributed by atoms with E-state index in [1.807, 2.05) is 20.8 Å². The van der Waals surface area contributed by atoms with E-state index in [9.17, 15) is 14.4 Å². The average Bonchev–Trinajstić information content (AvgIpc) is 3.01. The van der Waals surface area contributed by atoms with Crippen molar-refractivity contribution in [2.75, 3.05) is 0 Å². The summed E-state index contributed by atoms with van der Waals surface area (Å²) in [6, 6.07) is 6.82. The number of hydrogen-bond acceptors (Lipinski definition) is 4. The number of nitrogens with zero attached hydrogens (tertiary/aromatic N) is 1. The van der Waals surface area contributed by atoms with Crippen LogP contribution in [0.2, 0.25) is 0 Å². The maximum absolute atomic E-state index is 12.5. The zero-order valence-corrected chi connectivity index (χ0v) is 14.4. The number of rotatable bonds is 3. The molecule has 0 N–H and O–H groups in total. The Morgan fingerprint density at radius 2 is 1.71 bits per heavy atom. The number of carbonyl (C=O) groups is 3. The molecule has 1 heterocycles. The fourth-order valence-corrected chi connectivity index (χ4v) is 3.63. The Morgan fingerprint density at radius 3 is 2.25 bits per heavy atom. The number of amides is 2. The summed E-state index contributed by atoms with van der Waals surface area (Å²) in [5.74, 6) is -0.471. The largest absolute Gasteiger partial charge is 0.460 e. The lowest BCUT2D eigenvalue weighted by Gasteiger charge is -2.23. The van der Waals surface area contributed by atoms with E-state index in [-0.39, 0.29) is 29.7 Å². The molecule has 1 aromatic rings. The second kappa shape index (κ2) is 6.04. The summed E-state index contributed by atoms with van der Waals surface area (Å²) in [6.45, 7) is 5.55. The maximum atomic E-state index is 12.5. The Kier molecular flexibility index (Phi) is 4.20. The Bertz CT molecular complexity index is 654. The van der Waals surface area contributed by atoms with Crippen LogP contribution in [0.1, 0.15) is 67.2 Å². The minimum Gasteiger partial charge on any atom is -0.460 e. The SMILES string of the molecule is CC(C)(C)OC(=O)C[C@H]1CC[C@H](N2C(=O)c3ccccc3C2=O)C1. The number of benzene rings is 1. The van der Waals surface area contributed by atoms with Gasteiger partial charge in [0.25, 0.3) is 11.8 Å². The van der Waals surface area contributed by atoms with E-state index in [0.29, 0.717) is 24.0 Å². The molecule has 1 saturated carbocycles. The summed E-state index contributed by atoms with van der Waals surface area (Å²) in [6.07, 6.45) is 2.60. The van der Waals surface area contributed by atoms with Gasteiger partial charge in [0.05, 0.1) is 11.1 Å². The molecule has 2 atom stereocenters. The number of imide groups is 1. The van der Waals surface area contributed by atoms with Crippen LogP contribution in [0, 0.1) is 5.92 Å². The summed E-state index contributed by atoms with van der Waals surface area (Å²) < 4.78 is 5.37. The van der Waals surface area contributed by atoms with Gasteiger partial charge in [-0.05, 0) is 58.1 Å². The van der Waals surface area contributed by atoms with Crippen LogP contribution in [0.5, 0.6) is 0 Å². The molecule has 2 aliphatic rings. The molecule has 3 rings (SSSR count). The quantitative estimate of drug-likeness (QED) is 0.631. The Hall–Kier alpha value is -2.17. The highest BCUT2D eigenvalue weighted by molar-refractivity contribution is 6.21. The molecule has 2 amide bonds. The first kappa shape index (κ1) is 16.7. The highest BCUT2D eigenvalue weighted by Gasteiger charge is 2.42. The zero-order valence-electron chi connectivity index (χ0n) is 14.4. The molecule has 0 bridgehead atoms. The predicted octanol–water partition coefficient (Wildman–Crippen LogP) is 3.18. The summed E-state index contributed by atoms with van der Waals surface area (Å²) in [5, 5.41) is 0. The number of ether oxygens (including phenoxy) is 1. The van der Waals surface area contributed by atoms with E-state index in [0.717, 1.165) is 12.8 Å². The normalized spacial score (nSPS) is 23.5. The topological polar surface area (TPSA) is 63.7 Å². The second-order valence-electron chi connectivity index (χ2n) is 7.65. The van der Waals surface area contributed by atoms with Gasteiger partial charge in [0, 0.05) is 12.5 Å². The third-order valence-electron chi connectivity index (χ3n) is 4.58. The van der Waals surface area contributed by atoms with Crippen LogP contribution in [-0.4, -0.2) is 34.3 Å². The summed E-state index contributed by atoms with van der Waals surface area (Å²) in [4.78, 5) is 38.4. The molecule has 1 aromatic carbocycles. The average molecular weight is 329 g/mol. The third-order valence-corrected chi connectivity index (χ3v) is 4.58. The first-order valence-corrected chi connectivity index (χ1v) is 8.45. The third kappa shape index (κ3) is 3.21. The summed E-state index contributed by atoms with van der Waals surface area (Å²) >= 11 is 0. The zero-order chi connectivity index (χ0) is 17.5. The molecule has 24 heavy (non-hydrogen) atoms. The fraction of sp³-hybridized carbons (Fsp3) is 0.526. The van der Waals surface area contributed by atoms with Gasteiger partial charge in [0.15, 0.2) is 0 Å². The highest BCUT2D eigenvalue weighted by atomic mass is 16.6. The summed E-state index contributed by atoms with van der Waals surface area (Å²) in [7, 11) is 0. The Balaban J connectivity index is 1.64. The van der Waals surface area contributed by atoms with E-state index < -0.39 is 5.60 Å². The second-order valence-corrected chi connectivity index (χ2v) is 7.65. The van der Waals surface area contributed by atoms with Crippen molar-refractivity contribution in [2.45, 2.75) is 58.1 Å². The van der Waals surface area contributed by atoms with E-state index in [1.54, 1.807) is 24.3 Å². The maximum Gasteiger partial charge on any atom is 0.306 e. The van der Waals surface area contributed by atoms with Crippen LogP contribution < -0.4 is 0 Å². The lowest BCUT2D eigenvalue weighted by atomic mass is 10.0. The van der Waals surface area contributed by atoms with Crippen LogP contribution in [-0.2, 0) is 9.53 Å². The number of hydrogen-bond donors (Lipinski definition) is 0. The monoisotopic (exact) mass is 329 g/mol. The van der Waals surface area contributed by atoms with Gasteiger partial charge in [-0.3, -0.25) is 19.3 Å². The number of carbonyl (C=O) groups excluding carboxylic acids is 3. The van der Waals surface area contributed by atoms with Crippen LogP contribution in [0.15, 0.2) is 24.3 Å². The number of esters is 1. The Morgan fingerprint density at radius 1 is 1.12 bits per heavy atom. The van der Waals surface area contributed by atoms with Crippen LogP contribution >= 0.6 is 0 Å². The van der Waals surface area contributed by atoms with Gasteiger partial charge in [-0.15, -0.1) is 0 Å². The van der Waals surface area contributed by atoms with Gasteiger partial charge in [-0.25, -0.2) is 0 Å². The van der Waals surface area contributed by atoms with Crippen molar-refractivity contribution in [3.63, 3.8) is 0 Å². The van der Waals surface area contributed by atoms with Gasteiger partial charge in [0.1, 0.15) is 5.60 Å². The van der Waals surface area contributed by atoms with E-state index in [1.165, 1.54) is 4.90 Å². The lowest BCUT2D eigenvalue weighted by molar-refractivity contribution is -0.155. The fourth-order valence-electron chi connectivity index (χ4n) is 3.63. The molecule has 0 radical (unpaired) electrons. The van der Waals surface area contributed by atoms with E-state index in [2.05, 4.69) is 0 Å². The molecule has 0 spiro atoms. The molecule has 1 aliphatic carbocycles. The van der Waals surface area contributed by atoms with Crippen LogP contribution in [0.4, 0.5) is 0 Å². The smallest absolute Gasteiger partial charge is 0.306 e. The molecule has 0 saturated heterocycles. The van der Waals surface area contributed by atoms with Crippen LogP contribution in [0.3, 0.4) is 0 Å². The lowest BCUT2D eigenvalue weighted by Crippen LogP contribution is -2.38. The Labute approximate surface area is 142 Å². The van der Waals surface area contributed by atoms with E-state index in [4.69, 9.17) is 4.74 Å². The highest BCUT2D eigenvalue weighted by Crippen LogP contribution is 2.36. The van der Waals surface area contributed by atoms with Crippen molar-refractivity contribution >= 4 is 17.8 Å². The van der Waals surface area contributed by atoms with Gasteiger partial charge in [-0.2, -0.15) is 0 Å². The van der Waals surface area contributed by atoms with Gasteiger partial charge in [0.2, 0.25) is 0 Å². The van der Waals surface area contributed by atoms with Crippen LogP contribution in [0.25, 0.3) is 0 Å². The molecule has 1 aliphatic heterocycles. The first-order chi connectivity index (χ1) is 11.3. The molecule has 0 unspecified atom stereocenters. The van der Waals surface area contributed by atoms with Gasteiger partial charge < -0.3 is 4.74 Å². The minimum absolute atomic E-state index is 0.121. The van der Waals surface area contributed by atoms with Gasteiger partial charge >= 0.3 is 5.97 Å². The predicted molar refractivity (Wildman–Crippen MR) is 88.5 cm³/mol. The van der Waals surface area contributed by atoms with Crippen molar-refractivity contribution < 1.29 is 19.1 Å². The van der Waals surface area contributed by atoms with Gasteiger partial charge in [-0.1, -0.05) is 12.1 Å². The molecular weight excluding hydrogens is 306 g/mol. The minimum atomic E-state index is -0.488. The van der Waals surface area contributed by atoms with Crippen molar-refractivity contribution in [3.8, 4) is 0 Å². The molecule has 128 valence electrons. The van der Waals surface area contributed by atoms with E-state index >= 15 is 0 Å². The molecule has 5 nitrogen and oxygen atoms in total. The molecular formula is C19H23NO4. The van der Waals surface area contributed by atoms with Crippen molar-refractivity contribution in [3.05, 3.63) is 35.4 Å². The molecule has 1 fully saturated rings. The molecule has 5 heteroatoms. The molecule has 0 aromatic heterocycles. The number of fused-ring (bicyclic) bond motifs is 1. The van der Waals surface area contributed by atoms with Crippen molar-refractivity contribution in [2.24, 2.45) is 5.92 Å². The standard InChI is InChI=1S/C19H23NO4/c1-19(2,3)24-16(21)11-12-8-9-13(10-12)20-17(22)14-6-4-5-7-15(14)18(20)23/h4-7,12-13H,8-11H2,1-3H3/t12-,13-/m0/s1.